The number of fused-ring (bicyclic) bond motifs is 1. The van der Waals surface area contributed by atoms with Crippen molar-refractivity contribution in [3.05, 3.63) is 53.6 Å². The van der Waals surface area contributed by atoms with Crippen molar-refractivity contribution in [1.29, 1.82) is 0 Å². The van der Waals surface area contributed by atoms with Gasteiger partial charge in [0, 0.05) is 39.1 Å². The van der Waals surface area contributed by atoms with Crippen LogP contribution in [0.15, 0.2) is 36.7 Å². The number of hydrogen-bond donors (Lipinski definition) is 0. The molecular formula is C20H28N4O. The Morgan fingerprint density at radius 2 is 2.08 bits per heavy atom. The maximum atomic E-state index is 13.1. The summed E-state index contributed by atoms with van der Waals surface area (Å²) in [6.45, 7) is 7.28. The lowest BCUT2D eigenvalue weighted by Crippen LogP contribution is -2.48. The van der Waals surface area contributed by atoms with Gasteiger partial charge in [-0.05, 0) is 30.9 Å². The first-order valence-electron chi connectivity index (χ1n) is 9.16. The van der Waals surface area contributed by atoms with Crippen molar-refractivity contribution in [3.8, 4) is 0 Å². The van der Waals surface area contributed by atoms with Gasteiger partial charge in [0.15, 0.2) is 0 Å². The van der Waals surface area contributed by atoms with Crippen LogP contribution in [0.1, 0.15) is 37.2 Å². The molecular weight excluding hydrogens is 312 g/mol. The van der Waals surface area contributed by atoms with Gasteiger partial charge in [-0.15, -0.1) is 0 Å². The van der Waals surface area contributed by atoms with Crippen molar-refractivity contribution in [2.75, 3.05) is 13.1 Å². The number of imidazole rings is 1. The summed E-state index contributed by atoms with van der Waals surface area (Å²) in [5, 5.41) is 0. The first-order valence-corrected chi connectivity index (χ1v) is 9.16. The van der Waals surface area contributed by atoms with Crippen molar-refractivity contribution < 1.29 is 4.79 Å². The predicted molar refractivity (Wildman–Crippen MR) is 98.9 cm³/mol. The summed E-state index contributed by atoms with van der Waals surface area (Å²) in [6, 6.07) is 8.44. The van der Waals surface area contributed by atoms with Crippen LogP contribution in [0.5, 0.6) is 0 Å². The van der Waals surface area contributed by atoms with Gasteiger partial charge in [-0.1, -0.05) is 31.2 Å². The Balaban J connectivity index is 1.70. The Bertz CT molecular complexity index is 724. The van der Waals surface area contributed by atoms with Crippen LogP contribution >= 0.6 is 0 Å². The Hall–Kier alpha value is -2.14. The fraction of sp³-hybridized carbons (Fsp3) is 0.500. The Labute approximate surface area is 150 Å². The molecule has 1 aromatic carbocycles. The van der Waals surface area contributed by atoms with Gasteiger partial charge in [0.25, 0.3) is 0 Å². The van der Waals surface area contributed by atoms with Gasteiger partial charge in [0.2, 0.25) is 5.91 Å². The normalized spacial score (nSPS) is 15.6. The van der Waals surface area contributed by atoms with E-state index >= 15 is 0 Å². The number of hydrogen-bond acceptors (Lipinski definition) is 3. The zero-order chi connectivity index (χ0) is 17.8. The van der Waals surface area contributed by atoms with Gasteiger partial charge in [0.05, 0.1) is 12.6 Å². The number of carbonyl (C=O) groups is 1. The van der Waals surface area contributed by atoms with E-state index in [2.05, 4.69) is 41.1 Å². The highest BCUT2D eigenvalue weighted by atomic mass is 16.2. The molecule has 134 valence electrons. The number of rotatable bonds is 6. The molecule has 0 N–H and O–H groups in total. The third-order valence-electron chi connectivity index (χ3n) is 5.12. The molecule has 3 rings (SSSR count). The second kappa shape index (κ2) is 7.83. The summed E-state index contributed by atoms with van der Waals surface area (Å²) in [7, 11) is 1.97. The maximum Gasteiger partial charge on any atom is 0.240 e. The number of aromatic nitrogens is 2. The molecule has 1 atom stereocenters. The highest BCUT2D eigenvalue weighted by molar-refractivity contribution is 5.81. The second-order valence-corrected chi connectivity index (χ2v) is 6.88. The lowest BCUT2D eigenvalue weighted by atomic mass is 9.98. The number of amides is 1. The van der Waals surface area contributed by atoms with Crippen LogP contribution in [0.3, 0.4) is 0 Å². The van der Waals surface area contributed by atoms with E-state index in [4.69, 9.17) is 0 Å². The molecule has 0 saturated heterocycles. The van der Waals surface area contributed by atoms with E-state index in [0.29, 0.717) is 6.54 Å². The smallest absolute Gasteiger partial charge is 0.240 e. The van der Waals surface area contributed by atoms with E-state index in [1.54, 1.807) is 6.20 Å². The van der Waals surface area contributed by atoms with Crippen molar-refractivity contribution in [2.45, 2.75) is 45.8 Å². The highest BCUT2D eigenvalue weighted by Crippen LogP contribution is 2.21. The van der Waals surface area contributed by atoms with Gasteiger partial charge in [-0.3, -0.25) is 9.69 Å². The van der Waals surface area contributed by atoms with Crippen LogP contribution in [0.25, 0.3) is 0 Å². The van der Waals surface area contributed by atoms with Crippen molar-refractivity contribution >= 4 is 5.91 Å². The van der Waals surface area contributed by atoms with Gasteiger partial charge in [0.1, 0.15) is 5.82 Å². The third kappa shape index (κ3) is 3.93. The number of benzene rings is 1. The van der Waals surface area contributed by atoms with Gasteiger partial charge < -0.3 is 9.47 Å². The lowest BCUT2D eigenvalue weighted by molar-refractivity contribution is -0.137. The standard InChI is InChI=1S/C20H28N4O/c1-4-11-24(15-19-21-10-13-22(19)3)20(25)16(2)23-12-9-17-7-5-6-8-18(17)14-23/h5-8,10,13,16H,4,9,11-12,14-15H2,1-3H3/t16-/m0/s1. The fourth-order valence-electron chi connectivity index (χ4n) is 3.53. The lowest BCUT2D eigenvalue weighted by Gasteiger charge is -2.35. The summed E-state index contributed by atoms with van der Waals surface area (Å²) in [4.78, 5) is 21.8. The first kappa shape index (κ1) is 17.7. The summed E-state index contributed by atoms with van der Waals surface area (Å²) in [6.07, 6.45) is 5.68. The minimum Gasteiger partial charge on any atom is -0.337 e. The molecule has 1 aliphatic heterocycles. The average molecular weight is 340 g/mol. The molecule has 0 unspecified atom stereocenters. The third-order valence-corrected chi connectivity index (χ3v) is 5.12. The second-order valence-electron chi connectivity index (χ2n) is 6.88. The molecule has 5 heteroatoms. The molecule has 25 heavy (non-hydrogen) atoms. The topological polar surface area (TPSA) is 41.4 Å². The Morgan fingerprint density at radius 1 is 1.32 bits per heavy atom. The molecule has 0 saturated carbocycles. The molecule has 1 amide bonds. The summed E-state index contributed by atoms with van der Waals surface area (Å²) >= 11 is 0. The average Bonchev–Trinajstić information content (AvgIpc) is 3.04. The number of nitrogens with zero attached hydrogens (tertiary/aromatic N) is 4. The van der Waals surface area contributed by atoms with E-state index in [1.165, 1.54) is 11.1 Å². The quantitative estimate of drug-likeness (QED) is 0.812. The van der Waals surface area contributed by atoms with Crippen LogP contribution in [0.2, 0.25) is 0 Å². The van der Waals surface area contributed by atoms with E-state index in [1.807, 2.05) is 29.6 Å². The minimum atomic E-state index is -0.111. The monoisotopic (exact) mass is 340 g/mol. The first-order chi connectivity index (χ1) is 12.1. The van der Waals surface area contributed by atoms with Crippen molar-refractivity contribution in [1.82, 2.24) is 19.4 Å². The van der Waals surface area contributed by atoms with E-state index < -0.39 is 0 Å². The molecule has 0 fully saturated rings. The van der Waals surface area contributed by atoms with Crippen LogP contribution in [-0.2, 0) is 31.4 Å². The zero-order valence-corrected chi connectivity index (χ0v) is 15.5. The Kier molecular flexibility index (Phi) is 5.53. The van der Waals surface area contributed by atoms with Crippen LogP contribution < -0.4 is 0 Å². The van der Waals surface area contributed by atoms with Gasteiger partial charge in [-0.25, -0.2) is 4.98 Å². The number of aryl methyl sites for hydroxylation is 1. The molecule has 0 radical (unpaired) electrons. The summed E-state index contributed by atoms with van der Waals surface area (Å²) < 4.78 is 1.98. The largest absolute Gasteiger partial charge is 0.337 e. The molecule has 5 nitrogen and oxygen atoms in total. The molecule has 1 aromatic heterocycles. The van der Waals surface area contributed by atoms with Crippen LogP contribution in [0.4, 0.5) is 0 Å². The molecule has 0 aliphatic carbocycles. The molecule has 2 heterocycles. The van der Waals surface area contributed by atoms with Crippen molar-refractivity contribution in [2.24, 2.45) is 7.05 Å². The molecule has 1 aliphatic rings. The van der Waals surface area contributed by atoms with E-state index in [9.17, 15) is 4.79 Å². The SMILES string of the molecule is CCCN(Cc1nccn1C)C(=O)[C@H](C)N1CCc2ccccc2C1. The molecule has 0 bridgehead atoms. The Morgan fingerprint density at radius 3 is 2.76 bits per heavy atom. The maximum absolute atomic E-state index is 13.1. The highest BCUT2D eigenvalue weighted by Gasteiger charge is 2.28. The molecule has 0 spiro atoms. The minimum absolute atomic E-state index is 0.111. The summed E-state index contributed by atoms with van der Waals surface area (Å²) in [5.41, 5.74) is 2.76. The van der Waals surface area contributed by atoms with Crippen molar-refractivity contribution in [3.63, 3.8) is 0 Å². The fourth-order valence-corrected chi connectivity index (χ4v) is 3.53. The predicted octanol–water partition coefficient (Wildman–Crippen LogP) is 2.61. The van der Waals surface area contributed by atoms with E-state index in [0.717, 1.165) is 38.3 Å². The van der Waals surface area contributed by atoms with Gasteiger partial charge in [-0.2, -0.15) is 0 Å². The summed E-state index contributed by atoms with van der Waals surface area (Å²) in [5.74, 6) is 1.13. The van der Waals surface area contributed by atoms with Crippen LogP contribution in [0, 0.1) is 0 Å². The zero-order valence-electron chi connectivity index (χ0n) is 15.5. The van der Waals surface area contributed by atoms with Crippen LogP contribution in [-0.4, -0.2) is 44.4 Å². The van der Waals surface area contributed by atoms with E-state index in [-0.39, 0.29) is 11.9 Å². The molecule has 2 aromatic rings. The number of carbonyl (C=O) groups excluding carboxylic acids is 1. The van der Waals surface area contributed by atoms with Gasteiger partial charge >= 0.3 is 0 Å².